The normalized spacial score (nSPS) is 15.6. The molecule has 0 amide bonds. The Balaban J connectivity index is 3.72. The summed E-state index contributed by atoms with van der Waals surface area (Å²) in [5, 5.41) is 20.4. The molecule has 0 saturated heterocycles. The van der Waals surface area contributed by atoms with Crippen LogP contribution in [0.15, 0.2) is 0 Å². The van der Waals surface area contributed by atoms with Crippen LogP contribution in [0.25, 0.3) is 0 Å². The highest BCUT2D eigenvalue weighted by atomic mass is 16.4. The lowest BCUT2D eigenvalue weighted by Gasteiger charge is -2.16. The van der Waals surface area contributed by atoms with Crippen molar-refractivity contribution in [3.63, 3.8) is 0 Å². The molecule has 72 valence electrons. The van der Waals surface area contributed by atoms with Crippen molar-refractivity contribution < 1.29 is 15.0 Å². The minimum absolute atomic E-state index is 0.637. The number of carboxylic acid groups (broad SMARTS) is 1. The molecular weight excluding hydrogens is 158 g/mol. The van der Waals surface area contributed by atoms with Gasteiger partial charge >= 0.3 is 5.97 Å². The number of hydrogen-bond acceptors (Lipinski definition) is 3. The van der Waals surface area contributed by atoms with Gasteiger partial charge in [-0.15, -0.1) is 0 Å². The Labute approximate surface area is 72.6 Å². The number of hydrogen-bond donors (Lipinski definition) is 3. The van der Waals surface area contributed by atoms with E-state index in [1.165, 1.54) is 6.92 Å². The van der Waals surface area contributed by atoms with Crippen LogP contribution in [0, 0.1) is 0 Å². The Kier molecular flexibility index (Phi) is 5.66. The number of aliphatic hydroxyl groups is 1. The number of nitrogens with one attached hydrogen (secondary N) is 1. The van der Waals surface area contributed by atoms with Gasteiger partial charge in [0.2, 0.25) is 0 Å². The third-order valence-electron chi connectivity index (χ3n) is 1.64. The Bertz CT molecular complexity index is 136. The lowest BCUT2D eigenvalue weighted by molar-refractivity contribution is -0.142. The van der Waals surface area contributed by atoms with Crippen molar-refractivity contribution in [1.82, 2.24) is 5.32 Å². The highest BCUT2D eigenvalue weighted by Crippen LogP contribution is 1.93. The standard InChI is InChI=1S/C8H17NO3/c1-3-4-5-9-7(6(2)10)8(11)12/h6-7,9-10H,3-5H2,1-2H3,(H,11,12)/t6-,7+/m1/s1. The Morgan fingerprint density at radius 3 is 2.50 bits per heavy atom. The van der Waals surface area contributed by atoms with E-state index in [0.29, 0.717) is 6.54 Å². The van der Waals surface area contributed by atoms with E-state index < -0.39 is 18.1 Å². The minimum Gasteiger partial charge on any atom is -0.480 e. The van der Waals surface area contributed by atoms with Crippen molar-refractivity contribution in [3.05, 3.63) is 0 Å². The largest absolute Gasteiger partial charge is 0.480 e. The molecule has 0 aliphatic rings. The zero-order valence-electron chi connectivity index (χ0n) is 7.58. The van der Waals surface area contributed by atoms with E-state index >= 15 is 0 Å². The predicted octanol–water partition coefficient (Wildman–Crippen LogP) is 0.210. The molecule has 0 rings (SSSR count). The van der Waals surface area contributed by atoms with E-state index in [9.17, 15) is 4.79 Å². The molecule has 0 spiro atoms. The molecule has 2 atom stereocenters. The van der Waals surface area contributed by atoms with Crippen LogP contribution in [-0.2, 0) is 4.79 Å². The quantitative estimate of drug-likeness (QED) is 0.505. The Hall–Kier alpha value is -0.610. The molecule has 0 fully saturated rings. The van der Waals surface area contributed by atoms with Crippen molar-refractivity contribution >= 4 is 5.97 Å². The summed E-state index contributed by atoms with van der Waals surface area (Å²) in [4.78, 5) is 10.5. The average molecular weight is 175 g/mol. The van der Waals surface area contributed by atoms with Crippen molar-refractivity contribution in [2.24, 2.45) is 0 Å². The number of rotatable bonds is 6. The summed E-state index contributed by atoms with van der Waals surface area (Å²) in [5.74, 6) is -0.999. The molecule has 4 nitrogen and oxygen atoms in total. The fraction of sp³-hybridized carbons (Fsp3) is 0.875. The molecule has 3 N–H and O–H groups in total. The van der Waals surface area contributed by atoms with E-state index in [0.717, 1.165) is 12.8 Å². The predicted molar refractivity (Wildman–Crippen MR) is 46.0 cm³/mol. The Morgan fingerprint density at radius 1 is 1.58 bits per heavy atom. The zero-order chi connectivity index (χ0) is 9.56. The van der Waals surface area contributed by atoms with Gasteiger partial charge in [-0.05, 0) is 19.9 Å². The van der Waals surface area contributed by atoms with Crippen LogP contribution >= 0.6 is 0 Å². The third kappa shape index (κ3) is 4.31. The van der Waals surface area contributed by atoms with Gasteiger partial charge in [0.1, 0.15) is 6.04 Å². The minimum atomic E-state index is -0.999. The molecule has 0 unspecified atom stereocenters. The summed E-state index contributed by atoms with van der Waals surface area (Å²) in [6.45, 7) is 4.13. The molecule has 0 saturated carbocycles. The first-order valence-corrected chi connectivity index (χ1v) is 4.23. The molecule has 12 heavy (non-hydrogen) atoms. The zero-order valence-corrected chi connectivity index (χ0v) is 7.58. The van der Waals surface area contributed by atoms with E-state index in [1.54, 1.807) is 0 Å². The van der Waals surface area contributed by atoms with Gasteiger partial charge in [-0.1, -0.05) is 13.3 Å². The second kappa shape index (κ2) is 5.97. The van der Waals surface area contributed by atoms with E-state index in [1.807, 2.05) is 6.92 Å². The number of carboxylic acids is 1. The summed E-state index contributed by atoms with van der Waals surface area (Å²) in [6, 6.07) is -0.837. The second-order valence-electron chi connectivity index (χ2n) is 2.86. The van der Waals surface area contributed by atoms with Crippen molar-refractivity contribution in [2.75, 3.05) is 6.54 Å². The number of aliphatic carboxylic acids is 1. The van der Waals surface area contributed by atoms with Crippen LogP contribution in [-0.4, -0.2) is 34.9 Å². The van der Waals surface area contributed by atoms with Gasteiger partial charge in [-0.25, -0.2) is 0 Å². The van der Waals surface area contributed by atoms with Crippen molar-refractivity contribution in [1.29, 1.82) is 0 Å². The Morgan fingerprint density at radius 2 is 2.17 bits per heavy atom. The van der Waals surface area contributed by atoms with Crippen molar-refractivity contribution in [3.8, 4) is 0 Å². The lowest BCUT2D eigenvalue weighted by atomic mass is 10.2. The summed E-state index contributed by atoms with van der Waals surface area (Å²) >= 11 is 0. The molecule has 0 radical (unpaired) electrons. The van der Waals surface area contributed by atoms with Crippen LogP contribution < -0.4 is 5.32 Å². The molecular formula is C8H17NO3. The van der Waals surface area contributed by atoms with Crippen LogP contribution in [0.1, 0.15) is 26.7 Å². The van der Waals surface area contributed by atoms with E-state index in [2.05, 4.69) is 5.32 Å². The van der Waals surface area contributed by atoms with E-state index in [-0.39, 0.29) is 0 Å². The summed E-state index contributed by atoms with van der Waals surface area (Å²) < 4.78 is 0. The fourth-order valence-electron chi connectivity index (χ4n) is 0.899. The maximum atomic E-state index is 10.5. The van der Waals surface area contributed by atoms with Gasteiger partial charge in [0.25, 0.3) is 0 Å². The molecule has 0 aromatic heterocycles. The maximum Gasteiger partial charge on any atom is 0.323 e. The first-order valence-electron chi connectivity index (χ1n) is 4.23. The number of aliphatic hydroxyl groups excluding tert-OH is 1. The monoisotopic (exact) mass is 175 g/mol. The third-order valence-corrected chi connectivity index (χ3v) is 1.64. The molecule has 0 aliphatic heterocycles. The van der Waals surface area contributed by atoms with Gasteiger partial charge in [0.15, 0.2) is 0 Å². The lowest BCUT2D eigenvalue weighted by Crippen LogP contribution is -2.45. The molecule has 4 heteroatoms. The first kappa shape index (κ1) is 11.4. The number of unbranched alkanes of at least 4 members (excludes halogenated alkanes) is 1. The topological polar surface area (TPSA) is 69.6 Å². The molecule has 0 aromatic carbocycles. The number of carbonyl (C=O) groups is 1. The second-order valence-corrected chi connectivity index (χ2v) is 2.86. The van der Waals surface area contributed by atoms with E-state index in [4.69, 9.17) is 10.2 Å². The van der Waals surface area contributed by atoms with Gasteiger partial charge in [0, 0.05) is 0 Å². The van der Waals surface area contributed by atoms with Gasteiger partial charge < -0.3 is 15.5 Å². The maximum absolute atomic E-state index is 10.5. The SMILES string of the molecule is CCCCN[C@H](C(=O)O)[C@@H](C)O. The van der Waals surface area contributed by atoms with Crippen LogP contribution in [0.5, 0.6) is 0 Å². The van der Waals surface area contributed by atoms with Gasteiger partial charge in [-0.2, -0.15) is 0 Å². The van der Waals surface area contributed by atoms with Crippen molar-refractivity contribution in [2.45, 2.75) is 38.8 Å². The molecule has 0 aliphatic carbocycles. The highest BCUT2D eigenvalue weighted by molar-refractivity contribution is 5.74. The summed E-state index contributed by atoms with van der Waals surface area (Å²) in [6.07, 6.45) is 1.09. The molecule has 0 heterocycles. The summed E-state index contributed by atoms with van der Waals surface area (Å²) in [7, 11) is 0. The highest BCUT2D eigenvalue weighted by Gasteiger charge is 2.21. The van der Waals surface area contributed by atoms with Gasteiger partial charge in [0.05, 0.1) is 6.10 Å². The fourth-order valence-corrected chi connectivity index (χ4v) is 0.899. The smallest absolute Gasteiger partial charge is 0.323 e. The first-order chi connectivity index (χ1) is 5.59. The van der Waals surface area contributed by atoms with Gasteiger partial charge in [-0.3, -0.25) is 4.79 Å². The van der Waals surface area contributed by atoms with Crippen LogP contribution in [0.4, 0.5) is 0 Å². The molecule has 0 bridgehead atoms. The van der Waals surface area contributed by atoms with Crippen LogP contribution in [0.3, 0.4) is 0 Å². The molecule has 0 aromatic rings. The average Bonchev–Trinajstić information content (AvgIpc) is 1.96. The summed E-state index contributed by atoms with van der Waals surface area (Å²) in [5.41, 5.74) is 0. The van der Waals surface area contributed by atoms with Crippen LogP contribution in [0.2, 0.25) is 0 Å².